The quantitative estimate of drug-likeness (QED) is 0.786. The summed E-state index contributed by atoms with van der Waals surface area (Å²) in [4.78, 5) is 0. The van der Waals surface area contributed by atoms with E-state index in [1.54, 1.807) is 0 Å². The number of hydrogen-bond donors (Lipinski definition) is 0. The molecule has 0 heterocycles. The molecule has 0 amide bonds. The third kappa shape index (κ3) is 2.59. The van der Waals surface area contributed by atoms with Crippen molar-refractivity contribution in [3.8, 4) is 0 Å². The van der Waals surface area contributed by atoms with Crippen molar-refractivity contribution >= 4 is 50.7 Å². The number of allylic oxidation sites excluding steroid dienone is 2. The second kappa shape index (κ2) is 6.69. The fourth-order valence-corrected chi connectivity index (χ4v) is 6.65. The first-order valence-electron chi connectivity index (χ1n) is 7.45. The van der Waals surface area contributed by atoms with Gasteiger partial charge in [-0.1, -0.05) is 72.8 Å². The maximum Gasteiger partial charge on any atom is 0.198 e. The molecule has 0 spiro atoms. The van der Waals surface area contributed by atoms with Gasteiger partial charge in [-0.15, -0.1) is 0 Å². The van der Waals surface area contributed by atoms with Crippen molar-refractivity contribution in [2.45, 2.75) is 11.1 Å². The molecule has 0 fully saturated rings. The van der Waals surface area contributed by atoms with Crippen LogP contribution in [0.15, 0.2) is 60.7 Å². The average Bonchev–Trinajstić information content (AvgIpc) is 3.14. The molecular formula is C19H18NaOSi. The zero-order valence-corrected chi connectivity index (χ0v) is 16.2. The molecule has 2 atom stereocenters. The second-order valence-electron chi connectivity index (χ2n) is 5.73. The Hall–Kier alpha value is -0.903. The fourth-order valence-electron chi connectivity index (χ4n) is 3.64. The fraction of sp³-hybridized carbons (Fsp3) is 0.158. The van der Waals surface area contributed by atoms with E-state index in [0.717, 1.165) is 0 Å². The molecule has 0 saturated carbocycles. The summed E-state index contributed by atoms with van der Waals surface area (Å²) >= 11 is 0. The van der Waals surface area contributed by atoms with Gasteiger partial charge >= 0.3 is 0 Å². The van der Waals surface area contributed by atoms with E-state index in [1.807, 2.05) is 7.11 Å². The van der Waals surface area contributed by atoms with E-state index in [2.05, 4.69) is 72.8 Å². The molecule has 105 valence electrons. The van der Waals surface area contributed by atoms with Crippen LogP contribution in [0.4, 0.5) is 0 Å². The predicted molar refractivity (Wildman–Crippen MR) is 96.3 cm³/mol. The monoisotopic (exact) mass is 313 g/mol. The zero-order valence-electron chi connectivity index (χ0n) is 13.1. The van der Waals surface area contributed by atoms with Crippen molar-refractivity contribution < 1.29 is 4.43 Å². The van der Waals surface area contributed by atoms with E-state index in [4.69, 9.17) is 4.43 Å². The molecule has 4 rings (SSSR count). The molecule has 0 aromatic heterocycles. The van der Waals surface area contributed by atoms with Crippen LogP contribution in [0.2, 0.25) is 0 Å². The van der Waals surface area contributed by atoms with Gasteiger partial charge in [0, 0.05) is 47.7 Å². The van der Waals surface area contributed by atoms with Crippen molar-refractivity contribution in [2.75, 3.05) is 7.11 Å². The minimum atomic E-state index is -1.47. The topological polar surface area (TPSA) is 9.23 Å². The predicted octanol–water partition coefficient (Wildman–Crippen LogP) is 3.68. The molecule has 1 nitrogen and oxygen atoms in total. The number of benzene rings is 2. The van der Waals surface area contributed by atoms with Gasteiger partial charge in [-0.3, -0.25) is 0 Å². The Balaban J connectivity index is 0.00000144. The molecule has 0 saturated heterocycles. The summed E-state index contributed by atoms with van der Waals surface area (Å²) in [5.41, 5.74) is 6.52. The molecular weight excluding hydrogens is 295 g/mol. The van der Waals surface area contributed by atoms with Crippen LogP contribution in [0.3, 0.4) is 0 Å². The SMILES string of the molecule is CO[SiH](C1C=Cc2ccccc21)C1C=Cc2ccccc21.[Na]. The normalized spacial score (nSPS) is 22.0. The van der Waals surface area contributed by atoms with Gasteiger partial charge in [0.15, 0.2) is 9.04 Å². The summed E-state index contributed by atoms with van der Waals surface area (Å²) in [5, 5.41) is 0. The summed E-state index contributed by atoms with van der Waals surface area (Å²) in [6, 6.07) is 17.4. The summed E-state index contributed by atoms with van der Waals surface area (Å²) in [6.45, 7) is 0. The smallest absolute Gasteiger partial charge is 0.198 e. The molecule has 0 aliphatic heterocycles. The van der Waals surface area contributed by atoms with Crippen LogP contribution < -0.4 is 0 Å². The molecule has 0 N–H and O–H groups in total. The molecule has 0 bridgehead atoms. The van der Waals surface area contributed by atoms with Crippen LogP contribution in [-0.4, -0.2) is 45.7 Å². The van der Waals surface area contributed by atoms with Crippen LogP contribution in [0.25, 0.3) is 12.2 Å². The molecule has 3 heteroatoms. The van der Waals surface area contributed by atoms with Gasteiger partial charge in [-0.2, -0.15) is 0 Å². The van der Waals surface area contributed by atoms with Crippen LogP contribution in [-0.2, 0) is 4.43 Å². The van der Waals surface area contributed by atoms with E-state index in [9.17, 15) is 0 Å². The summed E-state index contributed by atoms with van der Waals surface area (Å²) in [5.74, 6) is 0. The third-order valence-corrected chi connectivity index (χ3v) is 7.78. The maximum absolute atomic E-state index is 6.07. The Morgan fingerprint density at radius 3 is 1.68 bits per heavy atom. The largest absolute Gasteiger partial charge is 0.421 e. The van der Waals surface area contributed by atoms with E-state index < -0.39 is 9.04 Å². The van der Waals surface area contributed by atoms with Gasteiger partial charge < -0.3 is 4.43 Å². The standard InChI is InChI=1S/C19H18OSi.Na/c1-20-21(18-12-10-14-6-2-4-8-16(14)18)19-13-11-15-7-3-5-9-17(15)19;/h2-13,18-19,21H,1H3;. The minimum Gasteiger partial charge on any atom is -0.421 e. The summed E-state index contributed by atoms with van der Waals surface area (Å²) in [6.07, 6.45) is 9.20. The molecule has 2 aromatic carbocycles. The van der Waals surface area contributed by atoms with Crippen molar-refractivity contribution in [1.82, 2.24) is 0 Å². The van der Waals surface area contributed by atoms with Crippen molar-refractivity contribution in [1.29, 1.82) is 0 Å². The maximum atomic E-state index is 6.07. The summed E-state index contributed by atoms with van der Waals surface area (Å²) < 4.78 is 6.07. The molecule has 2 aliphatic rings. The zero-order chi connectivity index (χ0) is 14.2. The van der Waals surface area contributed by atoms with Crippen molar-refractivity contribution in [3.05, 3.63) is 82.9 Å². The van der Waals surface area contributed by atoms with Gasteiger partial charge in [0.05, 0.1) is 0 Å². The molecule has 22 heavy (non-hydrogen) atoms. The van der Waals surface area contributed by atoms with Gasteiger partial charge in [-0.05, 0) is 22.3 Å². The van der Waals surface area contributed by atoms with Crippen molar-refractivity contribution in [3.63, 3.8) is 0 Å². The Morgan fingerprint density at radius 1 is 0.773 bits per heavy atom. The average molecular weight is 313 g/mol. The van der Waals surface area contributed by atoms with Crippen LogP contribution >= 0.6 is 0 Å². The first kappa shape index (κ1) is 16.0. The molecule has 2 aromatic rings. The molecule has 2 unspecified atom stereocenters. The van der Waals surface area contributed by atoms with E-state index in [0.29, 0.717) is 11.1 Å². The first-order valence-corrected chi connectivity index (χ1v) is 9.26. The van der Waals surface area contributed by atoms with Gasteiger partial charge in [-0.25, -0.2) is 0 Å². The number of hydrogen-bond acceptors (Lipinski definition) is 1. The van der Waals surface area contributed by atoms with Gasteiger partial charge in [0.2, 0.25) is 0 Å². The molecule has 1 radical (unpaired) electrons. The Bertz CT molecular complexity index is 676. The Kier molecular flexibility index (Phi) is 4.86. The van der Waals surface area contributed by atoms with Crippen LogP contribution in [0.5, 0.6) is 0 Å². The number of rotatable bonds is 3. The van der Waals surface area contributed by atoms with Crippen LogP contribution in [0, 0.1) is 0 Å². The van der Waals surface area contributed by atoms with Crippen molar-refractivity contribution in [2.24, 2.45) is 0 Å². The van der Waals surface area contributed by atoms with E-state index >= 15 is 0 Å². The third-order valence-electron chi connectivity index (χ3n) is 4.66. The van der Waals surface area contributed by atoms with E-state index in [-0.39, 0.29) is 29.6 Å². The Labute approximate surface area is 155 Å². The number of fused-ring (bicyclic) bond motifs is 2. The van der Waals surface area contributed by atoms with Gasteiger partial charge in [0.1, 0.15) is 0 Å². The van der Waals surface area contributed by atoms with Gasteiger partial charge in [0.25, 0.3) is 0 Å². The Morgan fingerprint density at radius 2 is 1.23 bits per heavy atom. The molecule has 2 aliphatic carbocycles. The second-order valence-corrected chi connectivity index (χ2v) is 8.57. The summed E-state index contributed by atoms with van der Waals surface area (Å²) in [7, 11) is 0.424. The van der Waals surface area contributed by atoms with Crippen LogP contribution in [0.1, 0.15) is 33.3 Å². The van der Waals surface area contributed by atoms with E-state index in [1.165, 1.54) is 22.3 Å². The first-order chi connectivity index (χ1) is 10.4. The minimum absolute atomic E-state index is 0.